The molecular weight excluding hydrogens is 450 g/mol. The number of amides is 2. The Kier molecular flexibility index (Phi) is 8.13. The summed E-state index contributed by atoms with van der Waals surface area (Å²) in [6, 6.07) is 14.1. The van der Waals surface area contributed by atoms with Crippen LogP contribution in [0.15, 0.2) is 53.7 Å². The van der Waals surface area contributed by atoms with Crippen LogP contribution in [0, 0.1) is 0 Å². The molecule has 1 heterocycles. The van der Waals surface area contributed by atoms with E-state index in [1.807, 2.05) is 31.2 Å². The van der Waals surface area contributed by atoms with Gasteiger partial charge in [0.1, 0.15) is 5.75 Å². The molecule has 1 atom stereocenters. The van der Waals surface area contributed by atoms with E-state index in [4.69, 9.17) is 16.3 Å². The van der Waals surface area contributed by atoms with Crippen LogP contribution in [0.3, 0.4) is 0 Å². The minimum atomic E-state index is -0.343. The van der Waals surface area contributed by atoms with Crippen LogP contribution in [0.25, 0.3) is 0 Å². The van der Waals surface area contributed by atoms with E-state index in [1.165, 1.54) is 11.8 Å². The van der Waals surface area contributed by atoms with Gasteiger partial charge < -0.3 is 19.9 Å². The number of anilines is 1. The van der Waals surface area contributed by atoms with Gasteiger partial charge in [-0.15, -0.1) is 10.2 Å². The number of para-hydroxylation sites is 1. The molecule has 0 aliphatic heterocycles. The SMILES string of the molecule is COc1ccc(CC(=O)NC(C)c2nnc(SCC(=O)Nc3ccccc3Cl)n2C)cc1. The zero-order chi connectivity index (χ0) is 23.1. The summed E-state index contributed by atoms with van der Waals surface area (Å²) in [7, 11) is 3.40. The fourth-order valence-electron chi connectivity index (χ4n) is 2.99. The molecule has 2 amide bonds. The Balaban J connectivity index is 1.53. The number of nitrogens with zero attached hydrogens (tertiary/aromatic N) is 3. The van der Waals surface area contributed by atoms with Crippen molar-refractivity contribution in [2.75, 3.05) is 18.2 Å². The molecule has 0 saturated heterocycles. The molecule has 0 aliphatic carbocycles. The Bertz CT molecular complexity index is 1090. The average Bonchev–Trinajstić information content (AvgIpc) is 3.15. The molecule has 0 radical (unpaired) electrons. The summed E-state index contributed by atoms with van der Waals surface area (Å²) in [4.78, 5) is 24.7. The maximum atomic E-state index is 12.4. The minimum Gasteiger partial charge on any atom is -0.497 e. The molecule has 1 aromatic heterocycles. The van der Waals surface area contributed by atoms with Gasteiger partial charge >= 0.3 is 0 Å². The van der Waals surface area contributed by atoms with Crippen molar-refractivity contribution in [3.63, 3.8) is 0 Å². The summed E-state index contributed by atoms with van der Waals surface area (Å²) >= 11 is 7.32. The molecule has 3 rings (SSSR count). The normalized spacial score (nSPS) is 11.6. The summed E-state index contributed by atoms with van der Waals surface area (Å²) in [5, 5.41) is 15.1. The van der Waals surface area contributed by atoms with E-state index in [-0.39, 0.29) is 30.0 Å². The first kappa shape index (κ1) is 23.6. The molecule has 2 aromatic carbocycles. The van der Waals surface area contributed by atoms with E-state index in [2.05, 4.69) is 20.8 Å². The molecule has 10 heteroatoms. The van der Waals surface area contributed by atoms with Crippen LogP contribution in [0.5, 0.6) is 5.75 Å². The van der Waals surface area contributed by atoms with Gasteiger partial charge in [-0.05, 0) is 36.8 Å². The molecule has 0 bridgehead atoms. The maximum Gasteiger partial charge on any atom is 0.234 e. The van der Waals surface area contributed by atoms with Crippen molar-refractivity contribution in [3.8, 4) is 5.75 Å². The van der Waals surface area contributed by atoms with Crippen LogP contribution in [0.1, 0.15) is 24.4 Å². The van der Waals surface area contributed by atoms with Crippen molar-refractivity contribution < 1.29 is 14.3 Å². The van der Waals surface area contributed by atoms with E-state index < -0.39 is 0 Å². The molecule has 32 heavy (non-hydrogen) atoms. The zero-order valence-electron chi connectivity index (χ0n) is 18.0. The number of aromatic nitrogens is 3. The Morgan fingerprint density at radius 2 is 1.84 bits per heavy atom. The van der Waals surface area contributed by atoms with E-state index >= 15 is 0 Å². The van der Waals surface area contributed by atoms with E-state index in [1.54, 1.807) is 43.0 Å². The number of ether oxygens (including phenoxy) is 1. The fraction of sp³-hybridized carbons (Fsp3) is 0.273. The highest BCUT2D eigenvalue weighted by Crippen LogP contribution is 2.22. The highest BCUT2D eigenvalue weighted by atomic mass is 35.5. The van der Waals surface area contributed by atoms with Gasteiger partial charge in [0.15, 0.2) is 11.0 Å². The third-order valence-corrected chi connectivity index (χ3v) is 5.99. The molecule has 168 valence electrons. The summed E-state index contributed by atoms with van der Waals surface area (Å²) in [6.45, 7) is 1.84. The largest absolute Gasteiger partial charge is 0.497 e. The second-order valence-electron chi connectivity index (χ2n) is 7.03. The van der Waals surface area contributed by atoms with Crippen LogP contribution in [-0.4, -0.2) is 39.4 Å². The monoisotopic (exact) mass is 473 g/mol. The third kappa shape index (κ3) is 6.24. The van der Waals surface area contributed by atoms with Crippen molar-refractivity contribution in [2.24, 2.45) is 7.05 Å². The zero-order valence-corrected chi connectivity index (χ0v) is 19.5. The predicted molar refractivity (Wildman–Crippen MR) is 125 cm³/mol. The topological polar surface area (TPSA) is 98.1 Å². The average molecular weight is 474 g/mol. The molecule has 0 fully saturated rings. The van der Waals surface area contributed by atoms with Gasteiger partial charge in [0.05, 0.1) is 36.0 Å². The van der Waals surface area contributed by atoms with Gasteiger partial charge in [0, 0.05) is 7.05 Å². The Labute approximate surface area is 195 Å². The predicted octanol–water partition coefficient (Wildman–Crippen LogP) is 3.63. The van der Waals surface area contributed by atoms with Gasteiger partial charge in [-0.25, -0.2) is 0 Å². The van der Waals surface area contributed by atoms with Crippen molar-refractivity contribution >= 4 is 40.9 Å². The van der Waals surface area contributed by atoms with E-state index in [9.17, 15) is 9.59 Å². The molecule has 2 N–H and O–H groups in total. The smallest absolute Gasteiger partial charge is 0.234 e. The number of carbonyl (C=O) groups is 2. The second kappa shape index (κ2) is 11.0. The van der Waals surface area contributed by atoms with E-state index in [0.717, 1.165) is 11.3 Å². The first-order valence-corrected chi connectivity index (χ1v) is 11.2. The maximum absolute atomic E-state index is 12.4. The number of methoxy groups -OCH3 is 1. The number of hydrogen-bond donors (Lipinski definition) is 2. The molecule has 8 nitrogen and oxygen atoms in total. The number of rotatable bonds is 9. The summed E-state index contributed by atoms with van der Waals surface area (Å²) in [5.41, 5.74) is 1.45. The summed E-state index contributed by atoms with van der Waals surface area (Å²) in [6.07, 6.45) is 0.246. The minimum absolute atomic E-state index is 0.126. The number of halogens is 1. The van der Waals surface area contributed by atoms with Crippen LogP contribution in [-0.2, 0) is 23.1 Å². The third-order valence-electron chi connectivity index (χ3n) is 4.64. The molecular formula is C22H24ClN5O3S. The highest BCUT2D eigenvalue weighted by molar-refractivity contribution is 7.99. The quantitative estimate of drug-likeness (QED) is 0.460. The molecule has 0 spiro atoms. The highest BCUT2D eigenvalue weighted by Gasteiger charge is 2.18. The van der Waals surface area contributed by atoms with Gasteiger partial charge in [-0.3, -0.25) is 9.59 Å². The number of benzene rings is 2. The molecule has 0 aliphatic rings. The first-order valence-electron chi connectivity index (χ1n) is 9.86. The lowest BCUT2D eigenvalue weighted by atomic mass is 10.1. The van der Waals surface area contributed by atoms with E-state index in [0.29, 0.717) is 21.7 Å². The standard InChI is InChI=1S/C22H24ClN5O3S/c1-14(24-19(29)12-15-8-10-16(31-3)11-9-15)21-26-27-22(28(21)2)32-13-20(30)25-18-7-5-4-6-17(18)23/h4-11,14H,12-13H2,1-3H3,(H,24,29)(H,25,30). The summed E-state index contributed by atoms with van der Waals surface area (Å²) < 4.78 is 6.90. The second-order valence-corrected chi connectivity index (χ2v) is 8.38. The van der Waals surface area contributed by atoms with Crippen molar-refractivity contribution in [1.29, 1.82) is 0 Å². The van der Waals surface area contributed by atoms with Crippen molar-refractivity contribution in [1.82, 2.24) is 20.1 Å². The van der Waals surface area contributed by atoms with Gasteiger partial charge in [0.25, 0.3) is 0 Å². The lowest BCUT2D eigenvalue weighted by molar-refractivity contribution is -0.121. The number of carbonyl (C=O) groups excluding carboxylic acids is 2. The van der Waals surface area contributed by atoms with Gasteiger partial charge in [0.2, 0.25) is 11.8 Å². The molecule has 3 aromatic rings. The summed E-state index contributed by atoms with van der Waals surface area (Å²) in [5.74, 6) is 1.16. The van der Waals surface area contributed by atoms with Crippen LogP contribution >= 0.6 is 23.4 Å². The van der Waals surface area contributed by atoms with Gasteiger partial charge in [-0.2, -0.15) is 0 Å². The first-order chi connectivity index (χ1) is 15.4. The Hall–Kier alpha value is -3.04. The fourth-order valence-corrected chi connectivity index (χ4v) is 3.89. The lowest BCUT2D eigenvalue weighted by Crippen LogP contribution is -2.29. The Morgan fingerprint density at radius 1 is 1.12 bits per heavy atom. The van der Waals surface area contributed by atoms with Crippen molar-refractivity contribution in [3.05, 3.63) is 64.9 Å². The number of hydrogen-bond acceptors (Lipinski definition) is 6. The Morgan fingerprint density at radius 3 is 2.53 bits per heavy atom. The number of thioether (sulfide) groups is 1. The van der Waals surface area contributed by atoms with Crippen LogP contribution in [0.4, 0.5) is 5.69 Å². The van der Waals surface area contributed by atoms with Crippen molar-refractivity contribution in [2.45, 2.75) is 24.5 Å². The number of nitrogens with one attached hydrogen (secondary N) is 2. The molecule has 1 unspecified atom stereocenters. The van der Waals surface area contributed by atoms with Crippen LogP contribution < -0.4 is 15.4 Å². The lowest BCUT2D eigenvalue weighted by Gasteiger charge is -2.14. The molecule has 0 saturated carbocycles. The van der Waals surface area contributed by atoms with Crippen LogP contribution in [0.2, 0.25) is 5.02 Å². The van der Waals surface area contributed by atoms with Gasteiger partial charge in [-0.1, -0.05) is 47.6 Å².